The van der Waals surface area contributed by atoms with E-state index in [2.05, 4.69) is 112 Å². The molecule has 0 saturated carbocycles. The Bertz CT molecular complexity index is 1350. The number of rotatable bonds is 9. The van der Waals surface area contributed by atoms with Crippen LogP contribution >= 0.6 is 0 Å². The molecular formula is C35H45Br2FeN3. The van der Waals surface area contributed by atoms with Crippen molar-refractivity contribution in [1.82, 2.24) is 4.98 Å². The monoisotopic (exact) mass is 721 g/mol. The third kappa shape index (κ3) is 9.32. The molecular weight excluding hydrogens is 678 g/mol. The molecule has 0 aliphatic heterocycles. The van der Waals surface area contributed by atoms with Crippen LogP contribution in [0.1, 0.15) is 132 Å². The van der Waals surface area contributed by atoms with Gasteiger partial charge in [-0.25, -0.2) is 4.98 Å². The number of hydrogen-bond donors (Lipinski definition) is 0. The largest absolute Gasteiger partial charge is 2.00 e. The maximum atomic E-state index is 5.21. The van der Waals surface area contributed by atoms with E-state index >= 15 is 0 Å². The first kappa shape index (κ1) is 39.1. The minimum absolute atomic E-state index is 0. The molecule has 0 N–H and O–H groups in total. The Balaban J connectivity index is 0.00000533. The topological polar surface area (TPSA) is 37.6 Å². The van der Waals surface area contributed by atoms with Crippen molar-refractivity contribution in [3.63, 3.8) is 0 Å². The standard InChI is InChI=1S/C35H45N3.2BrH.Fe/c1-12-27-19-20-30(23(6)7)35(33(27)24(8)9)37-26(11)32-18-14-17-31(38-32)25(10)36-34-28(21(2)3)15-13-16-29(34)22(4)5;;;/h12-24H,1H2,2-11H3;2*1H;/q;;;+2/p-2/b36-25+,37-26+;;;. The van der Waals surface area contributed by atoms with Gasteiger partial charge in [-0.05, 0) is 77.5 Å². The Hall–Kier alpha value is -1.85. The van der Waals surface area contributed by atoms with E-state index in [4.69, 9.17) is 15.0 Å². The van der Waals surface area contributed by atoms with E-state index < -0.39 is 0 Å². The minimum atomic E-state index is 0. The van der Waals surface area contributed by atoms with Crippen molar-refractivity contribution in [2.75, 3.05) is 0 Å². The van der Waals surface area contributed by atoms with Crippen LogP contribution in [0.3, 0.4) is 0 Å². The molecule has 1 aromatic heterocycles. The fourth-order valence-electron chi connectivity index (χ4n) is 4.94. The predicted octanol–water partition coefficient (Wildman–Crippen LogP) is 4.51. The summed E-state index contributed by atoms with van der Waals surface area (Å²) in [7, 11) is 0. The van der Waals surface area contributed by atoms with Crippen molar-refractivity contribution in [1.29, 1.82) is 0 Å². The van der Waals surface area contributed by atoms with Crippen LogP contribution in [0.4, 0.5) is 11.4 Å². The van der Waals surface area contributed by atoms with E-state index in [9.17, 15) is 0 Å². The second kappa shape index (κ2) is 17.3. The summed E-state index contributed by atoms with van der Waals surface area (Å²) in [5, 5.41) is 0. The number of halogens is 2. The molecule has 0 saturated heterocycles. The molecule has 2 aromatic carbocycles. The number of hydrogen-bond acceptors (Lipinski definition) is 3. The van der Waals surface area contributed by atoms with Gasteiger partial charge < -0.3 is 34.0 Å². The van der Waals surface area contributed by atoms with Gasteiger partial charge in [0.1, 0.15) is 0 Å². The molecule has 0 spiro atoms. The van der Waals surface area contributed by atoms with Gasteiger partial charge in [-0.1, -0.05) is 104 Å². The van der Waals surface area contributed by atoms with E-state index in [1.807, 2.05) is 18.2 Å². The van der Waals surface area contributed by atoms with Crippen molar-refractivity contribution < 1.29 is 51.0 Å². The van der Waals surface area contributed by atoms with E-state index in [0.29, 0.717) is 23.7 Å². The van der Waals surface area contributed by atoms with Crippen LogP contribution in [0, 0.1) is 0 Å². The van der Waals surface area contributed by atoms with Crippen LogP contribution in [0.5, 0.6) is 0 Å². The van der Waals surface area contributed by atoms with Crippen molar-refractivity contribution in [3.05, 3.63) is 94.3 Å². The summed E-state index contributed by atoms with van der Waals surface area (Å²) in [6.07, 6.45) is 1.94. The van der Waals surface area contributed by atoms with Crippen molar-refractivity contribution in [2.45, 2.75) is 92.9 Å². The maximum absolute atomic E-state index is 5.21. The SMILES string of the molecule is C=Cc1ccc(C(C)C)c(/N=C(\C)c2cccc(/C(C)=N/c3c(C(C)C)cccc3C(C)C)n2)c1C(C)C.[Br-].[Br-].[Fe+2]. The minimum Gasteiger partial charge on any atom is -1.00 e. The molecule has 0 aliphatic carbocycles. The first-order chi connectivity index (χ1) is 18.0. The molecule has 0 atom stereocenters. The van der Waals surface area contributed by atoms with Gasteiger partial charge in [0.05, 0.1) is 34.2 Å². The molecule has 222 valence electrons. The molecule has 0 bridgehead atoms. The van der Waals surface area contributed by atoms with Crippen LogP contribution in [0.2, 0.25) is 0 Å². The molecule has 0 fully saturated rings. The predicted molar refractivity (Wildman–Crippen MR) is 167 cm³/mol. The molecule has 0 radical (unpaired) electrons. The zero-order valence-corrected chi connectivity index (χ0v) is 30.4. The van der Waals surface area contributed by atoms with Gasteiger partial charge in [0, 0.05) is 0 Å². The first-order valence-electron chi connectivity index (χ1n) is 14.0. The summed E-state index contributed by atoms with van der Waals surface area (Å²) >= 11 is 0. The summed E-state index contributed by atoms with van der Waals surface area (Å²) < 4.78 is 0. The summed E-state index contributed by atoms with van der Waals surface area (Å²) in [5.41, 5.74) is 11.9. The Morgan fingerprint density at radius 3 is 1.46 bits per heavy atom. The summed E-state index contributed by atoms with van der Waals surface area (Å²) in [5.74, 6) is 1.48. The third-order valence-corrected chi connectivity index (χ3v) is 7.09. The van der Waals surface area contributed by atoms with Crippen LogP contribution in [-0.4, -0.2) is 16.4 Å². The molecule has 0 amide bonds. The first-order valence-corrected chi connectivity index (χ1v) is 14.0. The van der Waals surface area contributed by atoms with E-state index in [0.717, 1.165) is 39.7 Å². The molecule has 1 heterocycles. The van der Waals surface area contributed by atoms with Gasteiger partial charge in [-0.3, -0.25) is 9.98 Å². The van der Waals surface area contributed by atoms with Crippen molar-refractivity contribution in [2.24, 2.45) is 9.98 Å². The average Bonchev–Trinajstić information content (AvgIpc) is 2.87. The quantitative estimate of drug-likeness (QED) is 0.237. The van der Waals surface area contributed by atoms with Gasteiger partial charge in [0.2, 0.25) is 0 Å². The number of nitrogens with zero attached hydrogens (tertiary/aromatic N) is 3. The van der Waals surface area contributed by atoms with Gasteiger partial charge in [0.15, 0.2) is 0 Å². The van der Waals surface area contributed by atoms with Crippen molar-refractivity contribution in [3.8, 4) is 0 Å². The number of benzene rings is 2. The summed E-state index contributed by atoms with van der Waals surface area (Å²) in [6.45, 7) is 26.0. The average molecular weight is 723 g/mol. The summed E-state index contributed by atoms with van der Waals surface area (Å²) in [6, 6.07) is 17.0. The maximum Gasteiger partial charge on any atom is 2.00 e. The number of pyridine rings is 1. The second-order valence-electron chi connectivity index (χ2n) is 11.4. The van der Waals surface area contributed by atoms with Crippen LogP contribution in [0.25, 0.3) is 6.08 Å². The normalized spacial score (nSPS) is 11.9. The summed E-state index contributed by atoms with van der Waals surface area (Å²) in [4.78, 5) is 15.4. The van der Waals surface area contributed by atoms with Gasteiger partial charge >= 0.3 is 17.1 Å². The molecule has 0 aliphatic rings. The van der Waals surface area contributed by atoms with Crippen LogP contribution in [0.15, 0.2) is 65.1 Å². The zero-order chi connectivity index (χ0) is 28.1. The molecule has 3 rings (SSSR count). The fourth-order valence-corrected chi connectivity index (χ4v) is 4.94. The number of aliphatic imine (C=N–C) groups is 2. The van der Waals surface area contributed by atoms with Gasteiger partial charge in [-0.2, -0.15) is 0 Å². The van der Waals surface area contributed by atoms with Crippen molar-refractivity contribution >= 4 is 28.9 Å². The fraction of sp³-hybridized carbons (Fsp3) is 0.400. The van der Waals surface area contributed by atoms with Gasteiger partial charge in [0.25, 0.3) is 0 Å². The molecule has 3 aromatic rings. The Morgan fingerprint density at radius 1 is 0.634 bits per heavy atom. The van der Waals surface area contributed by atoms with Crippen LogP contribution < -0.4 is 34.0 Å². The zero-order valence-electron chi connectivity index (χ0n) is 26.2. The molecule has 0 unspecified atom stereocenters. The molecule has 41 heavy (non-hydrogen) atoms. The van der Waals surface area contributed by atoms with E-state index in [1.165, 1.54) is 22.3 Å². The van der Waals surface area contributed by atoms with E-state index in [-0.39, 0.29) is 51.0 Å². The van der Waals surface area contributed by atoms with Crippen LogP contribution in [-0.2, 0) is 17.1 Å². The van der Waals surface area contributed by atoms with Gasteiger partial charge in [-0.15, -0.1) is 0 Å². The third-order valence-electron chi connectivity index (χ3n) is 7.09. The molecule has 6 heteroatoms. The number of aromatic nitrogens is 1. The second-order valence-corrected chi connectivity index (χ2v) is 11.4. The molecule has 3 nitrogen and oxygen atoms in total. The smallest absolute Gasteiger partial charge is 1.00 e. The Morgan fingerprint density at radius 2 is 1.05 bits per heavy atom. The van der Waals surface area contributed by atoms with E-state index in [1.54, 1.807) is 0 Å². The number of para-hydroxylation sites is 1. The Labute approximate surface area is 280 Å². The Kier molecular flexibility index (Phi) is 16.5.